The van der Waals surface area contributed by atoms with Gasteiger partial charge in [-0.3, -0.25) is 9.59 Å². The molecule has 0 radical (unpaired) electrons. The highest BCUT2D eigenvalue weighted by molar-refractivity contribution is 5.89. The van der Waals surface area contributed by atoms with Crippen LogP contribution in [0.25, 0.3) is 0 Å². The zero-order chi connectivity index (χ0) is 14.9. The fourth-order valence-corrected chi connectivity index (χ4v) is 2.85. The first-order valence-corrected chi connectivity index (χ1v) is 7.14. The standard InChI is InChI=1S/C14H24N2O4/c1-14(2,3)16-7-10(6-12(16)18)13(19)15-4-5-20-9-11(15)8-17/h10-11,17H,4-9H2,1-3H3. The Balaban J connectivity index is 2.05. The van der Waals surface area contributed by atoms with Gasteiger partial charge in [-0.15, -0.1) is 0 Å². The number of aliphatic hydroxyl groups excluding tert-OH is 1. The van der Waals surface area contributed by atoms with Crippen LogP contribution in [0.3, 0.4) is 0 Å². The highest BCUT2D eigenvalue weighted by Crippen LogP contribution is 2.27. The summed E-state index contributed by atoms with van der Waals surface area (Å²) in [5.41, 5.74) is -0.256. The summed E-state index contributed by atoms with van der Waals surface area (Å²) in [6.07, 6.45) is 0.269. The Bertz CT molecular complexity index is 391. The minimum absolute atomic E-state index is 0.0321. The fraction of sp³-hybridized carbons (Fsp3) is 0.857. The maximum Gasteiger partial charge on any atom is 0.228 e. The molecule has 1 N–H and O–H groups in total. The number of hydrogen-bond acceptors (Lipinski definition) is 4. The summed E-state index contributed by atoms with van der Waals surface area (Å²) < 4.78 is 5.28. The van der Waals surface area contributed by atoms with Gasteiger partial charge in [0.2, 0.25) is 11.8 Å². The minimum Gasteiger partial charge on any atom is -0.394 e. The maximum absolute atomic E-state index is 12.6. The molecule has 2 aliphatic rings. The van der Waals surface area contributed by atoms with Crippen LogP contribution in [-0.2, 0) is 14.3 Å². The van der Waals surface area contributed by atoms with Crippen LogP contribution in [0, 0.1) is 5.92 Å². The molecule has 0 aliphatic carbocycles. The first kappa shape index (κ1) is 15.3. The largest absolute Gasteiger partial charge is 0.394 e. The molecule has 20 heavy (non-hydrogen) atoms. The lowest BCUT2D eigenvalue weighted by Crippen LogP contribution is -2.53. The number of amides is 2. The Morgan fingerprint density at radius 1 is 1.45 bits per heavy atom. The number of ether oxygens (including phenoxy) is 1. The van der Waals surface area contributed by atoms with Crippen molar-refractivity contribution in [1.29, 1.82) is 0 Å². The predicted molar refractivity (Wildman–Crippen MR) is 73.0 cm³/mol. The van der Waals surface area contributed by atoms with Crippen LogP contribution in [0.2, 0.25) is 0 Å². The predicted octanol–water partition coefficient (Wildman–Crippen LogP) is -0.147. The summed E-state index contributed by atoms with van der Waals surface area (Å²) in [7, 11) is 0. The number of hydrogen-bond donors (Lipinski definition) is 1. The van der Waals surface area contributed by atoms with Gasteiger partial charge in [0.05, 0.1) is 31.8 Å². The number of morpholine rings is 1. The third-order valence-electron chi connectivity index (χ3n) is 4.01. The monoisotopic (exact) mass is 284 g/mol. The second-order valence-electron chi connectivity index (χ2n) is 6.52. The number of likely N-dealkylation sites (tertiary alicyclic amines) is 1. The van der Waals surface area contributed by atoms with Crippen molar-refractivity contribution in [1.82, 2.24) is 9.80 Å². The van der Waals surface area contributed by atoms with Crippen molar-refractivity contribution in [3.63, 3.8) is 0 Å². The summed E-state index contributed by atoms with van der Waals surface area (Å²) >= 11 is 0. The van der Waals surface area contributed by atoms with Crippen LogP contribution in [0.15, 0.2) is 0 Å². The molecule has 2 aliphatic heterocycles. The number of nitrogens with zero attached hydrogens (tertiary/aromatic N) is 2. The molecule has 2 heterocycles. The zero-order valence-electron chi connectivity index (χ0n) is 12.5. The Labute approximate surface area is 119 Å². The Morgan fingerprint density at radius 3 is 2.70 bits per heavy atom. The van der Waals surface area contributed by atoms with Crippen molar-refractivity contribution >= 4 is 11.8 Å². The van der Waals surface area contributed by atoms with E-state index in [-0.39, 0.29) is 42.3 Å². The van der Waals surface area contributed by atoms with Gasteiger partial charge in [0.25, 0.3) is 0 Å². The van der Waals surface area contributed by atoms with E-state index in [4.69, 9.17) is 4.74 Å². The first-order chi connectivity index (χ1) is 9.34. The normalized spacial score (nSPS) is 28.1. The van der Waals surface area contributed by atoms with Gasteiger partial charge in [-0.1, -0.05) is 0 Å². The topological polar surface area (TPSA) is 70.1 Å². The second-order valence-corrected chi connectivity index (χ2v) is 6.52. The van der Waals surface area contributed by atoms with E-state index in [0.29, 0.717) is 26.3 Å². The van der Waals surface area contributed by atoms with Gasteiger partial charge in [-0.05, 0) is 20.8 Å². The van der Waals surface area contributed by atoms with Crippen molar-refractivity contribution < 1.29 is 19.4 Å². The van der Waals surface area contributed by atoms with Crippen molar-refractivity contribution in [2.45, 2.75) is 38.8 Å². The highest BCUT2D eigenvalue weighted by Gasteiger charge is 2.42. The highest BCUT2D eigenvalue weighted by atomic mass is 16.5. The van der Waals surface area contributed by atoms with Gasteiger partial charge in [0.1, 0.15) is 0 Å². The third kappa shape index (κ3) is 2.96. The molecule has 2 unspecified atom stereocenters. The number of carbonyl (C=O) groups is 2. The average molecular weight is 284 g/mol. The summed E-state index contributed by atoms with van der Waals surface area (Å²) in [5.74, 6) is -0.300. The van der Waals surface area contributed by atoms with E-state index in [2.05, 4.69) is 0 Å². The molecular formula is C14H24N2O4. The maximum atomic E-state index is 12.6. The van der Waals surface area contributed by atoms with Crippen LogP contribution < -0.4 is 0 Å². The molecule has 6 heteroatoms. The Hall–Kier alpha value is -1.14. The van der Waals surface area contributed by atoms with Crippen molar-refractivity contribution in [2.75, 3.05) is 32.9 Å². The average Bonchev–Trinajstić information content (AvgIpc) is 2.80. The molecule has 114 valence electrons. The molecule has 2 amide bonds. The van der Waals surface area contributed by atoms with E-state index >= 15 is 0 Å². The van der Waals surface area contributed by atoms with Crippen LogP contribution in [-0.4, -0.2) is 71.2 Å². The molecule has 2 saturated heterocycles. The quantitative estimate of drug-likeness (QED) is 0.766. The molecule has 2 fully saturated rings. The minimum atomic E-state index is -0.297. The number of aliphatic hydroxyl groups is 1. The summed E-state index contributed by atoms with van der Waals surface area (Å²) in [5, 5.41) is 9.34. The molecule has 0 aromatic heterocycles. The van der Waals surface area contributed by atoms with E-state index in [9.17, 15) is 14.7 Å². The summed E-state index contributed by atoms with van der Waals surface area (Å²) in [6, 6.07) is -0.282. The molecular weight excluding hydrogens is 260 g/mol. The van der Waals surface area contributed by atoms with Crippen molar-refractivity contribution in [2.24, 2.45) is 5.92 Å². The molecule has 0 spiro atoms. The SMILES string of the molecule is CC(C)(C)N1CC(C(=O)N2CCOCC2CO)CC1=O. The van der Waals surface area contributed by atoms with Crippen LogP contribution in [0.1, 0.15) is 27.2 Å². The van der Waals surface area contributed by atoms with Crippen LogP contribution in [0.5, 0.6) is 0 Å². The number of rotatable bonds is 2. The van der Waals surface area contributed by atoms with Crippen LogP contribution >= 0.6 is 0 Å². The lowest BCUT2D eigenvalue weighted by Gasteiger charge is -2.36. The smallest absolute Gasteiger partial charge is 0.228 e. The molecule has 0 bridgehead atoms. The van der Waals surface area contributed by atoms with Gasteiger partial charge < -0.3 is 19.6 Å². The van der Waals surface area contributed by atoms with E-state index in [0.717, 1.165) is 0 Å². The molecule has 0 saturated carbocycles. The molecule has 0 aromatic rings. The Morgan fingerprint density at radius 2 is 2.15 bits per heavy atom. The summed E-state index contributed by atoms with van der Waals surface area (Å²) in [4.78, 5) is 28.1. The van der Waals surface area contributed by atoms with Gasteiger partial charge in [0, 0.05) is 25.0 Å². The van der Waals surface area contributed by atoms with Crippen molar-refractivity contribution in [3.8, 4) is 0 Å². The number of carbonyl (C=O) groups excluding carboxylic acids is 2. The van der Waals surface area contributed by atoms with E-state index in [1.807, 2.05) is 20.8 Å². The van der Waals surface area contributed by atoms with Gasteiger partial charge in [-0.25, -0.2) is 0 Å². The zero-order valence-corrected chi connectivity index (χ0v) is 12.5. The van der Waals surface area contributed by atoms with Crippen LogP contribution in [0.4, 0.5) is 0 Å². The van der Waals surface area contributed by atoms with Gasteiger partial charge in [0.15, 0.2) is 0 Å². The van der Waals surface area contributed by atoms with E-state index in [1.165, 1.54) is 0 Å². The van der Waals surface area contributed by atoms with E-state index in [1.54, 1.807) is 9.80 Å². The fourth-order valence-electron chi connectivity index (χ4n) is 2.85. The summed E-state index contributed by atoms with van der Waals surface area (Å²) in [6.45, 7) is 7.64. The molecule has 2 rings (SSSR count). The second kappa shape index (κ2) is 5.69. The van der Waals surface area contributed by atoms with Gasteiger partial charge in [-0.2, -0.15) is 0 Å². The Kier molecular flexibility index (Phi) is 4.34. The molecule has 6 nitrogen and oxygen atoms in total. The van der Waals surface area contributed by atoms with Crippen molar-refractivity contribution in [3.05, 3.63) is 0 Å². The molecule has 2 atom stereocenters. The lowest BCUT2D eigenvalue weighted by molar-refractivity contribution is -0.145. The molecule has 0 aromatic carbocycles. The third-order valence-corrected chi connectivity index (χ3v) is 4.01. The lowest BCUT2D eigenvalue weighted by atomic mass is 10.0. The van der Waals surface area contributed by atoms with E-state index < -0.39 is 0 Å². The first-order valence-electron chi connectivity index (χ1n) is 7.14. The van der Waals surface area contributed by atoms with Gasteiger partial charge >= 0.3 is 0 Å².